The van der Waals surface area contributed by atoms with Crippen molar-refractivity contribution in [3.63, 3.8) is 0 Å². The summed E-state index contributed by atoms with van der Waals surface area (Å²) in [5.41, 5.74) is 15.6. The third kappa shape index (κ3) is 4.43. The Kier molecular flexibility index (Phi) is 5.56. The summed E-state index contributed by atoms with van der Waals surface area (Å²) in [4.78, 5) is 31.2. The predicted molar refractivity (Wildman–Crippen MR) is 132 cm³/mol. The molecule has 1 saturated heterocycles. The van der Waals surface area contributed by atoms with E-state index in [0.29, 0.717) is 55.1 Å². The van der Waals surface area contributed by atoms with Crippen LogP contribution >= 0.6 is 0 Å². The smallest absolute Gasteiger partial charge is 0.226 e. The first-order chi connectivity index (χ1) is 17.1. The van der Waals surface area contributed by atoms with Crippen LogP contribution in [-0.4, -0.2) is 58.0 Å². The highest BCUT2D eigenvalue weighted by Gasteiger charge is 2.45. The molecule has 2 aromatic heterocycles. The number of nitrogen functional groups attached to an aromatic ring is 1. The number of rotatable bonds is 7. The van der Waals surface area contributed by atoms with Crippen molar-refractivity contribution in [3.8, 4) is 17.3 Å². The van der Waals surface area contributed by atoms with Gasteiger partial charge in [0.05, 0.1) is 23.0 Å². The largest absolute Gasteiger partial charge is 0.368 e. The van der Waals surface area contributed by atoms with Gasteiger partial charge in [-0.1, -0.05) is 0 Å². The summed E-state index contributed by atoms with van der Waals surface area (Å²) in [7, 11) is 0. The molecule has 6 rings (SSSR count). The Hall–Kier alpha value is -3.25. The van der Waals surface area contributed by atoms with Crippen LogP contribution in [-0.2, 0) is 11.2 Å². The van der Waals surface area contributed by atoms with Crippen molar-refractivity contribution in [1.82, 2.24) is 19.9 Å². The number of carbonyl (C=O) groups is 1. The van der Waals surface area contributed by atoms with Gasteiger partial charge in [-0.15, -0.1) is 0 Å². The van der Waals surface area contributed by atoms with E-state index in [1.165, 1.54) is 12.8 Å². The van der Waals surface area contributed by atoms with Gasteiger partial charge >= 0.3 is 0 Å². The number of amides is 1. The first-order valence-electron chi connectivity index (χ1n) is 12.9. The van der Waals surface area contributed by atoms with Crippen molar-refractivity contribution < 1.29 is 4.79 Å². The second kappa shape index (κ2) is 8.76. The van der Waals surface area contributed by atoms with E-state index in [9.17, 15) is 10.1 Å². The summed E-state index contributed by atoms with van der Waals surface area (Å²) in [5.74, 6) is 2.45. The molecule has 0 spiro atoms. The second-order valence-corrected chi connectivity index (χ2v) is 10.5. The van der Waals surface area contributed by atoms with Crippen molar-refractivity contribution in [3.05, 3.63) is 29.1 Å². The third-order valence-corrected chi connectivity index (χ3v) is 7.68. The monoisotopic (exact) mass is 472 g/mol. The molecule has 2 aromatic rings. The third-order valence-electron chi connectivity index (χ3n) is 7.68. The number of aromatic nitrogens is 3. The molecular weight excluding hydrogens is 440 g/mol. The van der Waals surface area contributed by atoms with Crippen LogP contribution in [0.25, 0.3) is 11.3 Å². The quantitative estimate of drug-likeness (QED) is 0.625. The van der Waals surface area contributed by atoms with Crippen LogP contribution < -0.4 is 16.4 Å². The number of hydrogen-bond donors (Lipinski definition) is 2. The molecule has 182 valence electrons. The lowest BCUT2D eigenvalue weighted by molar-refractivity contribution is -0.135. The molecule has 1 amide bonds. The highest BCUT2D eigenvalue weighted by Crippen LogP contribution is 2.45. The molecule has 4 N–H and O–H groups in total. The van der Waals surface area contributed by atoms with Crippen LogP contribution in [0, 0.1) is 23.2 Å². The van der Waals surface area contributed by atoms with E-state index in [1.54, 1.807) is 0 Å². The minimum atomic E-state index is 0.207. The van der Waals surface area contributed by atoms with Gasteiger partial charge in [0.2, 0.25) is 11.9 Å². The lowest BCUT2D eigenvalue weighted by Gasteiger charge is -2.43. The summed E-state index contributed by atoms with van der Waals surface area (Å²) in [6.45, 7) is 2.63. The van der Waals surface area contributed by atoms with Gasteiger partial charge in [-0.25, -0.2) is 15.0 Å². The highest BCUT2D eigenvalue weighted by atomic mass is 16.2. The SMILES string of the molecule is N#Cc1cc(-c2cc(CCN)nc(N)n2)c(C2CC2)nc1N1CCN(C(=O)C2CC2)[C@H](C2CC2)C1. The Labute approximate surface area is 205 Å². The molecule has 0 radical (unpaired) electrons. The summed E-state index contributed by atoms with van der Waals surface area (Å²) >= 11 is 0. The van der Waals surface area contributed by atoms with Gasteiger partial charge < -0.3 is 21.3 Å². The zero-order chi connectivity index (χ0) is 24.1. The molecule has 3 aliphatic carbocycles. The molecule has 0 unspecified atom stereocenters. The lowest BCUT2D eigenvalue weighted by Crippen LogP contribution is -2.57. The Morgan fingerprint density at radius 3 is 2.54 bits per heavy atom. The topological polar surface area (TPSA) is 138 Å². The van der Waals surface area contributed by atoms with Crippen molar-refractivity contribution in [2.24, 2.45) is 17.6 Å². The van der Waals surface area contributed by atoms with Crippen LogP contribution in [0.1, 0.15) is 61.4 Å². The molecule has 35 heavy (non-hydrogen) atoms. The normalized spacial score (nSPS) is 22.2. The van der Waals surface area contributed by atoms with Gasteiger partial charge in [-0.2, -0.15) is 5.26 Å². The number of nitrogens with zero attached hydrogens (tertiary/aromatic N) is 6. The first kappa shape index (κ1) is 22.2. The van der Waals surface area contributed by atoms with Gasteiger partial charge in [-0.05, 0) is 63.1 Å². The Morgan fingerprint density at radius 2 is 1.89 bits per heavy atom. The number of piperazine rings is 1. The average molecular weight is 473 g/mol. The summed E-state index contributed by atoms with van der Waals surface area (Å²) < 4.78 is 0. The fourth-order valence-electron chi connectivity index (χ4n) is 5.37. The Bertz CT molecular complexity index is 1190. The van der Waals surface area contributed by atoms with Gasteiger partial charge in [0.15, 0.2) is 0 Å². The number of anilines is 2. The molecule has 9 nitrogen and oxygen atoms in total. The van der Waals surface area contributed by atoms with Crippen LogP contribution in [0.2, 0.25) is 0 Å². The molecule has 4 fully saturated rings. The van der Waals surface area contributed by atoms with E-state index in [1.807, 2.05) is 12.1 Å². The molecule has 1 aliphatic heterocycles. The van der Waals surface area contributed by atoms with E-state index in [0.717, 1.165) is 55.0 Å². The Balaban J connectivity index is 1.35. The van der Waals surface area contributed by atoms with E-state index in [2.05, 4.69) is 25.8 Å². The zero-order valence-electron chi connectivity index (χ0n) is 20.0. The summed E-state index contributed by atoms with van der Waals surface area (Å²) in [6.07, 6.45) is 7.19. The van der Waals surface area contributed by atoms with Gasteiger partial charge in [0.1, 0.15) is 11.9 Å². The molecule has 3 saturated carbocycles. The summed E-state index contributed by atoms with van der Waals surface area (Å²) in [5, 5.41) is 10.1. The first-order valence-corrected chi connectivity index (χ1v) is 12.9. The maximum absolute atomic E-state index is 12.9. The zero-order valence-corrected chi connectivity index (χ0v) is 20.0. The maximum Gasteiger partial charge on any atom is 0.226 e. The molecule has 9 heteroatoms. The maximum atomic E-state index is 12.9. The standard InChI is InChI=1S/C26H32N8O/c27-8-7-19-12-21(31-26(29)30-19)20-11-18(13-28)24(32-23(20)16-3-4-16)33-9-10-34(25(35)17-5-6-17)22(14-33)15-1-2-15/h11-12,15-17,22H,1-10,14,27H2,(H2,29,30,31)/t22-/m0/s1. The van der Waals surface area contributed by atoms with Crippen LogP contribution in [0.4, 0.5) is 11.8 Å². The van der Waals surface area contributed by atoms with Crippen LogP contribution in [0.5, 0.6) is 0 Å². The molecule has 0 aromatic carbocycles. The fraction of sp³-hybridized carbons (Fsp3) is 0.577. The van der Waals surface area contributed by atoms with Gasteiger partial charge in [0, 0.05) is 49.1 Å². The van der Waals surface area contributed by atoms with Gasteiger partial charge in [0.25, 0.3) is 0 Å². The predicted octanol–water partition coefficient (Wildman–Crippen LogP) is 2.21. The van der Waals surface area contributed by atoms with Gasteiger partial charge in [-0.3, -0.25) is 4.79 Å². The highest BCUT2D eigenvalue weighted by molar-refractivity contribution is 5.82. The van der Waals surface area contributed by atoms with Crippen molar-refractivity contribution in [2.75, 3.05) is 36.8 Å². The molecule has 0 bridgehead atoms. The molecule has 1 atom stereocenters. The van der Waals surface area contributed by atoms with Crippen LogP contribution in [0.15, 0.2) is 12.1 Å². The second-order valence-electron chi connectivity index (χ2n) is 10.5. The van der Waals surface area contributed by atoms with E-state index >= 15 is 0 Å². The number of carbonyl (C=O) groups excluding carboxylic acids is 1. The fourth-order valence-corrected chi connectivity index (χ4v) is 5.37. The Morgan fingerprint density at radius 1 is 1.09 bits per heavy atom. The molecule has 3 heterocycles. The molecular formula is C26H32N8O. The van der Waals surface area contributed by atoms with Crippen LogP contribution in [0.3, 0.4) is 0 Å². The van der Waals surface area contributed by atoms with Crippen molar-refractivity contribution in [1.29, 1.82) is 5.26 Å². The van der Waals surface area contributed by atoms with E-state index < -0.39 is 0 Å². The number of nitrogens with two attached hydrogens (primary N) is 2. The average Bonchev–Trinajstić information content (AvgIpc) is 3.73. The van der Waals surface area contributed by atoms with Crippen molar-refractivity contribution in [2.45, 2.75) is 56.9 Å². The minimum Gasteiger partial charge on any atom is -0.368 e. The lowest BCUT2D eigenvalue weighted by atomic mass is 10.0. The molecule has 4 aliphatic rings. The van der Waals surface area contributed by atoms with E-state index in [4.69, 9.17) is 16.5 Å². The van der Waals surface area contributed by atoms with E-state index in [-0.39, 0.29) is 17.9 Å². The number of pyridine rings is 1. The number of nitriles is 1. The number of hydrogen-bond acceptors (Lipinski definition) is 8. The summed E-state index contributed by atoms with van der Waals surface area (Å²) in [6, 6.07) is 6.45. The minimum absolute atomic E-state index is 0.207. The van der Waals surface area contributed by atoms with Crippen molar-refractivity contribution >= 4 is 17.7 Å².